The average molecular weight is 404 g/mol. The maximum atomic E-state index is 12.5. The number of methoxy groups -OCH3 is 3. The summed E-state index contributed by atoms with van der Waals surface area (Å²) >= 11 is 3.52. The lowest BCUT2D eigenvalue weighted by Gasteiger charge is -2.13. The third-order valence-electron chi connectivity index (χ3n) is 4.20. The molecule has 3 rings (SSSR count). The first kappa shape index (κ1) is 17.4. The van der Waals surface area contributed by atoms with Crippen molar-refractivity contribution in [2.45, 2.75) is 6.92 Å². The zero-order valence-electron chi connectivity index (χ0n) is 14.4. The fourth-order valence-corrected chi connectivity index (χ4v) is 3.23. The molecule has 0 radical (unpaired) electrons. The predicted molar refractivity (Wildman–Crippen MR) is 101 cm³/mol. The number of halogens is 1. The van der Waals surface area contributed by atoms with Crippen LogP contribution in [0.25, 0.3) is 11.6 Å². The van der Waals surface area contributed by atoms with E-state index in [1.165, 1.54) is 0 Å². The van der Waals surface area contributed by atoms with Gasteiger partial charge in [-0.1, -0.05) is 15.9 Å². The Morgan fingerprint density at radius 1 is 1.04 bits per heavy atom. The Morgan fingerprint density at radius 3 is 2.24 bits per heavy atom. The minimum absolute atomic E-state index is 0.156. The first-order valence-corrected chi connectivity index (χ1v) is 8.42. The van der Waals surface area contributed by atoms with Crippen molar-refractivity contribution in [3.63, 3.8) is 0 Å². The summed E-state index contributed by atoms with van der Waals surface area (Å²) in [5, 5.41) is 2.90. The highest BCUT2D eigenvalue weighted by Gasteiger charge is 2.27. The molecule has 0 unspecified atom stereocenters. The molecule has 1 heterocycles. The number of hydrogen-bond donors (Lipinski definition) is 1. The van der Waals surface area contributed by atoms with E-state index in [9.17, 15) is 4.79 Å². The number of amides is 1. The molecule has 1 N–H and O–H groups in total. The molecule has 0 saturated heterocycles. The standard InChI is InChI=1S/C19H18BrNO4/c1-10-14(20)5-6-15-18(10)13(19(22)21-15)9-12-16(24-3)7-11(23-2)8-17(12)25-4/h5-9H,1-4H3,(H,21,22). The van der Waals surface area contributed by atoms with Gasteiger partial charge in [-0.3, -0.25) is 4.79 Å². The second kappa shape index (κ2) is 6.80. The van der Waals surface area contributed by atoms with Crippen LogP contribution in [0.15, 0.2) is 28.7 Å². The van der Waals surface area contributed by atoms with Crippen molar-refractivity contribution >= 4 is 39.2 Å². The molecule has 25 heavy (non-hydrogen) atoms. The summed E-state index contributed by atoms with van der Waals surface area (Å²) in [5.74, 6) is 1.59. The van der Waals surface area contributed by atoms with Gasteiger partial charge in [0.2, 0.25) is 0 Å². The average Bonchev–Trinajstić information content (AvgIpc) is 2.94. The van der Waals surface area contributed by atoms with Gasteiger partial charge in [0, 0.05) is 27.9 Å². The minimum atomic E-state index is -0.156. The van der Waals surface area contributed by atoms with Gasteiger partial charge in [0.1, 0.15) is 17.2 Å². The summed E-state index contributed by atoms with van der Waals surface area (Å²) in [6, 6.07) is 7.33. The Balaban J connectivity index is 2.24. The topological polar surface area (TPSA) is 56.8 Å². The molecule has 0 spiro atoms. The zero-order valence-corrected chi connectivity index (χ0v) is 16.0. The summed E-state index contributed by atoms with van der Waals surface area (Å²) in [4.78, 5) is 12.5. The normalized spacial score (nSPS) is 14.3. The molecule has 2 aromatic carbocycles. The van der Waals surface area contributed by atoms with E-state index in [2.05, 4.69) is 21.2 Å². The number of anilines is 1. The molecule has 1 aliphatic rings. The number of fused-ring (bicyclic) bond motifs is 1. The van der Waals surface area contributed by atoms with Crippen molar-refractivity contribution in [2.24, 2.45) is 0 Å². The second-order valence-corrected chi connectivity index (χ2v) is 6.41. The Morgan fingerprint density at radius 2 is 1.68 bits per heavy atom. The first-order chi connectivity index (χ1) is 12.0. The number of hydrogen-bond acceptors (Lipinski definition) is 4. The van der Waals surface area contributed by atoms with Crippen molar-refractivity contribution < 1.29 is 19.0 Å². The third-order valence-corrected chi connectivity index (χ3v) is 5.06. The molecule has 0 atom stereocenters. The lowest BCUT2D eigenvalue weighted by molar-refractivity contribution is -0.110. The monoisotopic (exact) mass is 403 g/mol. The number of rotatable bonds is 4. The third kappa shape index (κ3) is 2.98. The number of benzene rings is 2. The maximum absolute atomic E-state index is 12.5. The predicted octanol–water partition coefficient (Wildman–Crippen LogP) is 4.28. The summed E-state index contributed by atoms with van der Waals surface area (Å²) in [7, 11) is 4.72. The van der Waals surface area contributed by atoms with Crippen LogP contribution in [0.5, 0.6) is 17.2 Å². The van der Waals surface area contributed by atoms with Gasteiger partial charge in [-0.25, -0.2) is 0 Å². The SMILES string of the molecule is COc1cc(OC)c(C=C2C(=O)Nc3ccc(Br)c(C)c32)c(OC)c1. The smallest absolute Gasteiger partial charge is 0.256 e. The van der Waals surface area contributed by atoms with Crippen LogP contribution < -0.4 is 19.5 Å². The van der Waals surface area contributed by atoms with E-state index in [1.54, 1.807) is 39.5 Å². The van der Waals surface area contributed by atoms with Gasteiger partial charge in [0.15, 0.2) is 0 Å². The summed E-state index contributed by atoms with van der Waals surface area (Å²) in [5.41, 5.74) is 3.91. The lowest BCUT2D eigenvalue weighted by atomic mass is 9.98. The van der Waals surface area contributed by atoms with Crippen molar-refractivity contribution in [1.29, 1.82) is 0 Å². The Labute approximate surface area is 154 Å². The van der Waals surface area contributed by atoms with Gasteiger partial charge in [0.05, 0.1) is 32.5 Å². The Hall–Kier alpha value is -2.47. The number of nitrogens with one attached hydrogen (secondary N) is 1. The molecule has 1 amide bonds. The van der Waals surface area contributed by atoms with E-state index < -0.39 is 0 Å². The molecule has 6 heteroatoms. The highest BCUT2D eigenvalue weighted by atomic mass is 79.9. The van der Waals surface area contributed by atoms with E-state index in [0.29, 0.717) is 28.4 Å². The van der Waals surface area contributed by atoms with Gasteiger partial charge < -0.3 is 19.5 Å². The minimum Gasteiger partial charge on any atom is -0.496 e. The fraction of sp³-hybridized carbons (Fsp3) is 0.211. The van der Waals surface area contributed by atoms with Crippen molar-refractivity contribution in [3.05, 3.63) is 45.4 Å². The number of ether oxygens (including phenoxy) is 3. The quantitative estimate of drug-likeness (QED) is 0.774. The molecule has 2 aromatic rings. The number of carbonyl (C=O) groups excluding carboxylic acids is 1. The van der Waals surface area contributed by atoms with E-state index in [-0.39, 0.29) is 5.91 Å². The molecule has 5 nitrogen and oxygen atoms in total. The maximum Gasteiger partial charge on any atom is 0.256 e. The largest absolute Gasteiger partial charge is 0.496 e. The summed E-state index contributed by atoms with van der Waals surface area (Å²) < 4.78 is 17.2. The van der Waals surface area contributed by atoms with Crippen molar-refractivity contribution in [1.82, 2.24) is 0 Å². The second-order valence-electron chi connectivity index (χ2n) is 5.55. The van der Waals surface area contributed by atoms with Gasteiger partial charge in [0.25, 0.3) is 5.91 Å². The van der Waals surface area contributed by atoms with Gasteiger partial charge in [-0.05, 0) is 30.7 Å². The number of carbonyl (C=O) groups is 1. The van der Waals surface area contributed by atoms with Crippen LogP contribution in [-0.4, -0.2) is 27.2 Å². The lowest BCUT2D eigenvalue weighted by Crippen LogP contribution is -2.04. The van der Waals surface area contributed by atoms with Crippen LogP contribution in [0, 0.1) is 6.92 Å². The fourth-order valence-electron chi connectivity index (χ4n) is 2.90. The molecule has 130 valence electrons. The van der Waals surface area contributed by atoms with E-state index in [1.807, 2.05) is 19.1 Å². The van der Waals surface area contributed by atoms with Crippen LogP contribution in [-0.2, 0) is 4.79 Å². The zero-order chi connectivity index (χ0) is 18.1. The van der Waals surface area contributed by atoms with E-state index >= 15 is 0 Å². The van der Waals surface area contributed by atoms with Crippen LogP contribution in [0.3, 0.4) is 0 Å². The van der Waals surface area contributed by atoms with Crippen LogP contribution >= 0.6 is 15.9 Å². The molecule has 0 saturated carbocycles. The van der Waals surface area contributed by atoms with Crippen LogP contribution in [0.1, 0.15) is 16.7 Å². The molecule has 1 aliphatic heterocycles. The van der Waals surface area contributed by atoms with Crippen LogP contribution in [0.4, 0.5) is 5.69 Å². The molecule has 0 bridgehead atoms. The summed E-state index contributed by atoms with van der Waals surface area (Å²) in [6.07, 6.45) is 1.79. The van der Waals surface area contributed by atoms with Crippen LogP contribution in [0.2, 0.25) is 0 Å². The van der Waals surface area contributed by atoms with E-state index in [0.717, 1.165) is 21.3 Å². The molecule has 0 fully saturated rings. The molecular weight excluding hydrogens is 386 g/mol. The molecular formula is C19H18BrNO4. The Kier molecular flexibility index (Phi) is 4.72. The van der Waals surface area contributed by atoms with Gasteiger partial charge in [-0.15, -0.1) is 0 Å². The highest BCUT2D eigenvalue weighted by Crippen LogP contribution is 2.42. The molecule has 0 aliphatic carbocycles. The van der Waals surface area contributed by atoms with Gasteiger partial charge in [-0.2, -0.15) is 0 Å². The highest BCUT2D eigenvalue weighted by molar-refractivity contribution is 9.10. The first-order valence-electron chi connectivity index (χ1n) is 7.62. The molecule has 0 aromatic heterocycles. The van der Waals surface area contributed by atoms with Crippen molar-refractivity contribution in [2.75, 3.05) is 26.6 Å². The summed E-state index contributed by atoms with van der Waals surface area (Å²) in [6.45, 7) is 1.97. The van der Waals surface area contributed by atoms with Gasteiger partial charge >= 0.3 is 0 Å². The Bertz CT molecular complexity index is 864. The van der Waals surface area contributed by atoms with E-state index in [4.69, 9.17) is 14.2 Å². The van der Waals surface area contributed by atoms with Crippen molar-refractivity contribution in [3.8, 4) is 17.2 Å².